The molecule has 0 radical (unpaired) electrons. The molecule has 444 valence electrons. The minimum absolute atomic E-state index is 0.00961. The molecule has 1 heterocycles. The summed E-state index contributed by atoms with van der Waals surface area (Å²) in [5.41, 5.74) is 22.4. The molecule has 0 amide bonds. The zero-order valence-electron chi connectivity index (χ0n) is 56.9. The van der Waals surface area contributed by atoms with Gasteiger partial charge >= 0.3 is 0 Å². The Morgan fingerprint density at radius 3 is 0.977 bits per heavy atom. The third kappa shape index (κ3) is 11.2. The van der Waals surface area contributed by atoms with Gasteiger partial charge in [0, 0.05) is 32.9 Å². The predicted molar refractivity (Wildman–Crippen MR) is 380 cm³/mol. The van der Waals surface area contributed by atoms with Gasteiger partial charge < -0.3 is 9.47 Å². The first-order valence-corrected chi connectivity index (χ1v) is 31.9. The van der Waals surface area contributed by atoms with E-state index < -0.39 is 0 Å². The molecule has 11 rings (SSSR count). The SMILES string of the molecule is CC(C)(C)c1cc(-c2cc(N(c3cc(C(C)(C)C)cc(C(C)(C)C)c3)c3ccc4ccc5c(-n6c7ccc(C(C)(C)C)cc7c7cc(C(C)(C)C)ccc76)ccc6ccc3c4c65)cc(C(C)(C)C)c2)cc(-c2cc(C(C)(C)C)cc(C(C)(C)C)c2)c1. The smallest absolute Gasteiger partial charge is 0.0541 e. The van der Waals surface area contributed by atoms with Crippen LogP contribution in [0.25, 0.3) is 82.1 Å². The maximum atomic E-state index is 2.62. The van der Waals surface area contributed by atoms with Gasteiger partial charge in [-0.05, 0) is 198 Å². The Morgan fingerprint density at radius 2 is 0.558 bits per heavy atom. The summed E-state index contributed by atoms with van der Waals surface area (Å²) in [6.45, 7) is 56.4. The van der Waals surface area contributed by atoms with Gasteiger partial charge in [-0.25, -0.2) is 0 Å². The lowest BCUT2D eigenvalue weighted by molar-refractivity contribution is 0.568. The fraction of sp³-hybridized carbons (Fsp3) is 0.381. The highest BCUT2D eigenvalue weighted by Crippen LogP contribution is 2.50. The fourth-order valence-corrected chi connectivity index (χ4v) is 12.8. The quantitative estimate of drug-likeness (QED) is 0.151. The van der Waals surface area contributed by atoms with Crippen LogP contribution >= 0.6 is 0 Å². The van der Waals surface area contributed by atoms with Gasteiger partial charge in [0.15, 0.2) is 0 Å². The number of fused-ring (bicyclic) bond motifs is 3. The fourth-order valence-electron chi connectivity index (χ4n) is 12.8. The van der Waals surface area contributed by atoms with Gasteiger partial charge in [0.2, 0.25) is 0 Å². The minimum atomic E-state index is -0.165. The lowest BCUT2D eigenvalue weighted by Crippen LogP contribution is -2.20. The van der Waals surface area contributed by atoms with Gasteiger partial charge in [-0.1, -0.05) is 257 Å². The molecule has 0 spiro atoms. The molecule has 0 aliphatic rings. The molecule has 11 aromatic rings. The van der Waals surface area contributed by atoms with Gasteiger partial charge in [0.05, 0.1) is 22.4 Å². The maximum absolute atomic E-state index is 2.62. The van der Waals surface area contributed by atoms with Crippen molar-refractivity contribution in [2.24, 2.45) is 0 Å². The van der Waals surface area contributed by atoms with Gasteiger partial charge in [-0.15, -0.1) is 0 Å². The van der Waals surface area contributed by atoms with Gasteiger partial charge in [0.25, 0.3) is 0 Å². The molecule has 0 atom stereocenters. The van der Waals surface area contributed by atoms with Crippen LogP contribution in [0.1, 0.15) is 211 Å². The van der Waals surface area contributed by atoms with Crippen LogP contribution in [0, 0.1) is 0 Å². The van der Waals surface area contributed by atoms with E-state index in [1.54, 1.807) is 0 Å². The molecule has 10 aromatic carbocycles. The van der Waals surface area contributed by atoms with Crippen LogP contribution in [0.5, 0.6) is 0 Å². The average Bonchev–Trinajstić information content (AvgIpc) is 1.31. The Bertz CT molecular complexity index is 4320. The summed E-state index contributed by atoms with van der Waals surface area (Å²) in [5, 5.41) is 10.2. The normalized spacial score (nSPS) is 13.6. The molecular weight excluding hydrogens is 1040 g/mol. The summed E-state index contributed by atoms with van der Waals surface area (Å²) < 4.78 is 2.55. The zero-order valence-corrected chi connectivity index (χ0v) is 56.9. The van der Waals surface area contributed by atoms with Crippen molar-refractivity contribution in [3.05, 3.63) is 202 Å². The highest BCUT2D eigenvalue weighted by atomic mass is 15.1. The van der Waals surface area contributed by atoms with Crippen LogP contribution in [-0.4, -0.2) is 4.57 Å². The standard InChI is InChI=1S/C84H98N2/c1-77(2,3)57-29-35-73-69(49-57)70-50-58(78(4,5)6)30-36-74(70)86(73)72-34-28-52-25-31-67-71(33-27-51-26-32-68(72)76(52)75(51)67)85(66-47-63(83(19,20)21)45-64(48-66)84(22,23)24)65-43-56(42-62(46-65)82(16,17)18)54-37-53(38-59(39-54)79(7,8)9)55-40-60(80(10,11)12)44-61(41-55)81(13,14)15/h25-50H,1-24H3. The van der Waals surface area contributed by atoms with Crippen molar-refractivity contribution in [1.29, 1.82) is 0 Å². The molecule has 2 heteroatoms. The Morgan fingerprint density at radius 1 is 0.244 bits per heavy atom. The summed E-state index contributed by atoms with van der Waals surface area (Å²) in [5.74, 6) is 0. The molecule has 86 heavy (non-hydrogen) atoms. The van der Waals surface area contributed by atoms with E-state index in [-0.39, 0.29) is 43.3 Å². The van der Waals surface area contributed by atoms with E-state index in [9.17, 15) is 0 Å². The highest BCUT2D eigenvalue weighted by Gasteiger charge is 2.30. The topological polar surface area (TPSA) is 8.17 Å². The van der Waals surface area contributed by atoms with E-state index in [0.29, 0.717) is 0 Å². The molecule has 0 aliphatic heterocycles. The molecule has 0 saturated heterocycles. The second-order valence-electron chi connectivity index (χ2n) is 33.9. The van der Waals surface area contributed by atoms with E-state index in [0.717, 1.165) is 5.69 Å². The van der Waals surface area contributed by atoms with Crippen LogP contribution in [0.2, 0.25) is 0 Å². The van der Waals surface area contributed by atoms with Gasteiger partial charge in [0.1, 0.15) is 0 Å². The Hall–Kier alpha value is -7.16. The predicted octanol–water partition coefficient (Wildman–Crippen LogP) is 24.9. The molecular formula is C84H98N2. The lowest BCUT2D eigenvalue weighted by Gasteiger charge is -2.33. The Kier molecular flexibility index (Phi) is 14.2. The summed E-state index contributed by atoms with van der Waals surface area (Å²) >= 11 is 0. The van der Waals surface area contributed by atoms with Crippen molar-refractivity contribution in [3.8, 4) is 27.9 Å². The molecule has 2 nitrogen and oxygen atoms in total. The molecule has 0 bridgehead atoms. The summed E-state index contributed by atoms with van der Waals surface area (Å²) in [7, 11) is 0. The number of anilines is 3. The molecule has 0 fully saturated rings. The summed E-state index contributed by atoms with van der Waals surface area (Å²) in [4.78, 5) is 2.62. The van der Waals surface area contributed by atoms with E-state index in [2.05, 4.69) is 333 Å². The molecule has 0 saturated carbocycles. The summed E-state index contributed by atoms with van der Waals surface area (Å²) in [6, 6.07) is 63.2. The van der Waals surface area contributed by atoms with E-state index in [1.807, 2.05) is 0 Å². The largest absolute Gasteiger partial charge is 0.310 e. The zero-order chi connectivity index (χ0) is 62.6. The first-order valence-electron chi connectivity index (χ1n) is 31.9. The minimum Gasteiger partial charge on any atom is -0.310 e. The van der Waals surface area contributed by atoms with Gasteiger partial charge in [-0.3, -0.25) is 0 Å². The van der Waals surface area contributed by atoms with Crippen LogP contribution < -0.4 is 4.90 Å². The number of hydrogen-bond donors (Lipinski definition) is 0. The van der Waals surface area contributed by atoms with Crippen molar-refractivity contribution < 1.29 is 0 Å². The average molecular weight is 1140 g/mol. The van der Waals surface area contributed by atoms with E-state index in [1.165, 1.54) is 138 Å². The van der Waals surface area contributed by atoms with Crippen molar-refractivity contribution in [1.82, 2.24) is 4.57 Å². The number of nitrogens with zero attached hydrogens (tertiary/aromatic N) is 2. The van der Waals surface area contributed by atoms with Crippen LogP contribution in [0.4, 0.5) is 17.1 Å². The molecule has 0 unspecified atom stereocenters. The van der Waals surface area contributed by atoms with Gasteiger partial charge in [-0.2, -0.15) is 0 Å². The Balaban J connectivity index is 1.21. The molecule has 0 aliphatic carbocycles. The van der Waals surface area contributed by atoms with E-state index >= 15 is 0 Å². The van der Waals surface area contributed by atoms with Crippen LogP contribution in [-0.2, 0) is 43.3 Å². The van der Waals surface area contributed by atoms with Crippen LogP contribution in [0.15, 0.2) is 158 Å². The number of benzene rings is 10. The monoisotopic (exact) mass is 1130 g/mol. The Labute approximate surface area is 517 Å². The highest BCUT2D eigenvalue weighted by molar-refractivity contribution is 6.27. The van der Waals surface area contributed by atoms with Crippen LogP contribution in [0.3, 0.4) is 0 Å². The van der Waals surface area contributed by atoms with Crippen molar-refractivity contribution >= 4 is 71.2 Å². The number of aromatic nitrogens is 1. The van der Waals surface area contributed by atoms with Crippen molar-refractivity contribution in [2.45, 2.75) is 209 Å². The third-order valence-electron chi connectivity index (χ3n) is 18.7. The van der Waals surface area contributed by atoms with E-state index in [4.69, 9.17) is 0 Å². The lowest BCUT2D eigenvalue weighted by atomic mass is 9.77. The first-order chi connectivity index (χ1) is 39.6. The second kappa shape index (κ2) is 20.2. The maximum Gasteiger partial charge on any atom is 0.0541 e. The second-order valence-corrected chi connectivity index (χ2v) is 33.9. The molecule has 1 aromatic heterocycles. The van der Waals surface area contributed by atoms with Crippen molar-refractivity contribution in [2.75, 3.05) is 4.90 Å². The number of rotatable bonds is 6. The summed E-state index contributed by atoms with van der Waals surface area (Å²) in [6.07, 6.45) is 0. The third-order valence-corrected chi connectivity index (χ3v) is 18.7. The first kappa shape index (κ1) is 60.5. The molecule has 0 N–H and O–H groups in total. The van der Waals surface area contributed by atoms with Crippen molar-refractivity contribution in [3.63, 3.8) is 0 Å². The number of hydrogen-bond acceptors (Lipinski definition) is 1.